The Morgan fingerprint density at radius 1 is 0.543 bits per heavy atom. The van der Waals surface area contributed by atoms with Crippen LogP contribution in [0.5, 0.6) is 0 Å². The van der Waals surface area contributed by atoms with Crippen LogP contribution in [0.2, 0.25) is 12.1 Å². The molecule has 0 bridgehead atoms. The van der Waals surface area contributed by atoms with Crippen molar-refractivity contribution in [1.29, 1.82) is 0 Å². The summed E-state index contributed by atoms with van der Waals surface area (Å²) in [5.74, 6) is 0. The molecule has 0 aromatic rings. The van der Waals surface area contributed by atoms with Gasteiger partial charge in [0, 0.05) is 53.6 Å². The number of unbranched alkanes of at least 4 members (excludes halogenated alkanes) is 8. The summed E-state index contributed by atoms with van der Waals surface area (Å²) in [5.41, 5.74) is 0. The molecule has 2 N–H and O–H groups in total. The first-order valence-corrected chi connectivity index (χ1v) is 17.6. The molecule has 0 amide bonds. The van der Waals surface area contributed by atoms with Gasteiger partial charge < -0.3 is 32.5 Å². The van der Waals surface area contributed by atoms with E-state index >= 15 is 0 Å². The third-order valence-corrected chi connectivity index (χ3v) is 13.0. The molecule has 7 nitrogen and oxygen atoms in total. The predicted octanol–water partition coefficient (Wildman–Crippen LogP) is 6.39. The van der Waals surface area contributed by atoms with E-state index in [-0.39, 0.29) is 0 Å². The molecule has 0 fully saturated rings. The Labute approximate surface area is 219 Å². The molecule has 0 aromatic carbocycles. The zero-order valence-corrected chi connectivity index (χ0v) is 25.7. The van der Waals surface area contributed by atoms with Crippen LogP contribution < -0.4 is 10.6 Å². The molecule has 0 rings (SSSR count). The second-order valence-electron chi connectivity index (χ2n) is 8.90. The van der Waals surface area contributed by atoms with Crippen LogP contribution in [-0.2, 0) is 21.8 Å². The van der Waals surface area contributed by atoms with E-state index < -0.39 is 17.6 Å². The van der Waals surface area contributed by atoms with Gasteiger partial charge in [-0.2, -0.15) is 0 Å². The van der Waals surface area contributed by atoms with Gasteiger partial charge in [0.15, 0.2) is 0 Å². The lowest BCUT2D eigenvalue weighted by molar-refractivity contribution is 0.0860. The molecule has 0 radical (unpaired) electrons. The molecule has 208 valence electrons. The Balaban J connectivity index is 4.45. The summed E-state index contributed by atoms with van der Waals surface area (Å²) in [5, 5.41) is 6.74. The average Bonchev–Trinajstić information content (AvgIpc) is 2.89. The van der Waals surface area contributed by atoms with Crippen LogP contribution in [0, 0.1) is 0 Å². The molecule has 35 heavy (non-hydrogen) atoms. The molecule has 0 saturated carbocycles. The Morgan fingerprint density at radius 2 is 0.943 bits per heavy atom. The van der Waals surface area contributed by atoms with Crippen molar-refractivity contribution in [2.45, 2.75) is 103 Å². The van der Waals surface area contributed by atoms with E-state index in [2.05, 4.69) is 49.0 Å². The fourth-order valence-electron chi connectivity index (χ4n) is 3.77. The standard InChI is InChI=1S/C26H56N2O5Si2/c1-7-9-11-13-15-17-21-27-23-19-25-34(29-3,30-4)33-35(31-5,32-6)26-20-24-28-22-18-16-14-12-10-8-2/h17-18,21-22,27-28H,7-16,19-20,23-26H2,1-6H3. The summed E-state index contributed by atoms with van der Waals surface area (Å²) in [6.07, 6.45) is 22.9. The fourth-order valence-corrected chi connectivity index (χ4v) is 10.2. The number of hydrogen-bond acceptors (Lipinski definition) is 7. The van der Waals surface area contributed by atoms with Crippen molar-refractivity contribution in [3.63, 3.8) is 0 Å². The van der Waals surface area contributed by atoms with Gasteiger partial charge in [-0.1, -0.05) is 64.5 Å². The monoisotopic (exact) mass is 532 g/mol. The molecule has 0 unspecified atom stereocenters. The molecule has 0 saturated heterocycles. The van der Waals surface area contributed by atoms with Crippen LogP contribution in [0.4, 0.5) is 0 Å². The molecule has 0 heterocycles. The lowest BCUT2D eigenvalue weighted by Crippen LogP contribution is -2.57. The van der Waals surface area contributed by atoms with E-state index in [1.165, 1.54) is 51.4 Å². The molecule has 0 aliphatic rings. The van der Waals surface area contributed by atoms with E-state index in [1.54, 1.807) is 28.4 Å². The van der Waals surface area contributed by atoms with E-state index in [4.69, 9.17) is 21.8 Å². The van der Waals surface area contributed by atoms with Crippen molar-refractivity contribution in [2.24, 2.45) is 0 Å². The van der Waals surface area contributed by atoms with Crippen LogP contribution >= 0.6 is 0 Å². The quantitative estimate of drug-likeness (QED) is 0.0987. The van der Waals surface area contributed by atoms with Crippen molar-refractivity contribution in [3.05, 3.63) is 24.6 Å². The number of rotatable bonds is 26. The number of allylic oxidation sites excluding steroid dienone is 2. The van der Waals surface area contributed by atoms with Crippen LogP contribution in [0.15, 0.2) is 24.6 Å². The van der Waals surface area contributed by atoms with Crippen molar-refractivity contribution >= 4 is 17.6 Å². The van der Waals surface area contributed by atoms with Crippen LogP contribution in [-0.4, -0.2) is 59.1 Å². The van der Waals surface area contributed by atoms with Crippen molar-refractivity contribution in [2.75, 3.05) is 41.5 Å². The average molecular weight is 533 g/mol. The van der Waals surface area contributed by atoms with Gasteiger partial charge in [-0.25, -0.2) is 0 Å². The van der Waals surface area contributed by atoms with E-state index in [1.807, 2.05) is 0 Å². The second-order valence-corrected chi connectivity index (χ2v) is 15.1. The number of nitrogens with one attached hydrogen (secondary N) is 2. The van der Waals surface area contributed by atoms with Gasteiger partial charge in [0.2, 0.25) is 0 Å². The molecule has 0 spiro atoms. The predicted molar refractivity (Wildman–Crippen MR) is 151 cm³/mol. The van der Waals surface area contributed by atoms with Crippen LogP contribution in [0.3, 0.4) is 0 Å². The topological polar surface area (TPSA) is 70.2 Å². The summed E-state index contributed by atoms with van der Waals surface area (Å²) < 4.78 is 29.8. The van der Waals surface area contributed by atoms with Gasteiger partial charge in [-0.05, 0) is 50.9 Å². The van der Waals surface area contributed by atoms with Gasteiger partial charge in [0.1, 0.15) is 0 Å². The second kappa shape index (κ2) is 23.7. The van der Waals surface area contributed by atoms with Gasteiger partial charge in [0.05, 0.1) is 0 Å². The lowest BCUT2D eigenvalue weighted by atomic mass is 10.1. The molecule has 0 aliphatic heterocycles. The Bertz CT molecular complexity index is 472. The smallest absolute Gasteiger partial charge is 0.391 e. The molecule has 0 aromatic heterocycles. The highest BCUT2D eigenvalue weighted by molar-refractivity contribution is 6.74. The molecular weight excluding hydrogens is 476 g/mol. The van der Waals surface area contributed by atoms with E-state index in [0.29, 0.717) is 12.1 Å². The van der Waals surface area contributed by atoms with Crippen molar-refractivity contribution < 1.29 is 21.8 Å². The molecular formula is C26H56N2O5Si2. The first kappa shape index (κ1) is 34.3. The maximum atomic E-state index is 6.49. The summed E-state index contributed by atoms with van der Waals surface area (Å²) in [7, 11) is 0.863. The summed E-state index contributed by atoms with van der Waals surface area (Å²) in [6, 6.07) is 1.41. The van der Waals surface area contributed by atoms with E-state index in [9.17, 15) is 0 Å². The highest BCUT2D eigenvalue weighted by Crippen LogP contribution is 2.26. The summed E-state index contributed by atoms with van der Waals surface area (Å²) in [6.45, 7) is 6.17. The maximum Gasteiger partial charge on any atom is 0.493 e. The minimum absolute atomic E-state index is 0.706. The van der Waals surface area contributed by atoms with Gasteiger partial charge in [0.25, 0.3) is 0 Å². The third-order valence-electron chi connectivity index (χ3n) is 6.08. The highest BCUT2D eigenvalue weighted by atomic mass is 28.5. The first-order valence-electron chi connectivity index (χ1n) is 13.7. The van der Waals surface area contributed by atoms with Gasteiger partial charge >= 0.3 is 17.6 Å². The maximum absolute atomic E-state index is 6.49. The third kappa shape index (κ3) is 17.4. The Morgan fingerprint density at radius 3 is 1.29 bits per heavy atom. The molecule has 9 heteroatoms. The first-order chi connectivity index (χ1) is 17.1. The lowest BCUT2D eigenvalue weighted by Gasteiger charge is -2.35. The van der Waals surface area contributed by atoms with Gasteiger partial charge in [-0.3, -0.25) is 0 Å². The Kier molecular flexibility index (Phi) is 23.2. The minimum Gasteiger partial charge on any atom is -0.391 e. The van der Waals surface area contributed by atoms with Crippen molar-refractivity contribution in [1.82, 2.24) is 10.6 Å². The Hall–Kier alpha value is -0.686. The fraction of sp³-hybridized carbons (Fsp3) is 0.846. The van der Waals surface area contributed by atoms with Crippen LogP contribution in [0.25, 0.3) is 0 Å². The van der Waals surface area contributed by atoms with Crippen molar-refractivity contribution in [3.8, 4) is 0 Å². The SMILES string of the molecule is CCCCCCC=CNCCC[Si](OC)(OC)O[Si](CCCNC=CCCCCCC)(OC)OC. The van der Waals surface area contributed by atoms with Crippen LogP contribution in [0.1, 0.15) is 90.9 Å². The zero-order valence-electron chi connectivity index (χ0n) is 23.7. The highest BCUT2D eigenvalue weighted by Gasteiger charge is 2.51. The van der Waals surface area contributed by atoms with E-state index in [0.717, 1.165) is 38.8 Å². The normalized spacial score (nSPS) is 12.7. The van der Waals surface area contributed by atoms with Gasteiger partial charge in [-0.15, -0.1) is 0 Å². The number of hydrogen-bond donors (Lipinski definition) is 2. The largest absolute Gasteiger partial charge is 0.493 e. The molecule has 0 atom stereocenters. The molecule has 0 aliphatic carbocycles. The minimum atomic E-state index is -2.90. The summed E-state index contributed by atoms with van der Waals surface area (Å²) in [4.78, 5) is 0. The zero-order chi connectivity index (χ0) is 26.1. The summed E-state index contributed by atoms with van der Waals surface area (Å²) >= 11 is 0.